The normalized spacial score (nSPS) is 17.9. The maximum absolute atomic E-state index is 12.2. The Kier molecular flexibility index (Phi) is 5.81. The van der Waals surface area contributed by atoms with Crippen LogP contribution < -0.4 is 16.0 Å². The standard InChI is InChI=1S/C18H26ClN5O/c1-2-3-4-7-15(25)23-14-10-22-18-16(14)17(13(19)9-21-18)24-8-5-6-12(20)11-24/h9-10,12H,2-8,11,20H2,1H3,(H,21,22)(H,23,25)/t12-/m1/s1. The van der Waals surface area contributed by atoms with Crippen LogP contribution in [-0.2, 0) is 4.79 Å². The number of rotatable bonds is 6. The van der Waals surface area contributed by atoms with Gasteiger partial charge < -0.3 is 20.9 Å². The summed E-state index contributed by atoms with van der Waals surface area (Å²) in [4.78, 5) is 21.9. The third-order valence-electron chi connectivity index (χ3n) is 4.68. The van der Waals surface area contributed by atoms with Crippen LogP contribution in [0, 0.1) is 0 Å². The zero-order chi connectivity index (χ0) is 17.8. The van der Waals surface area contributed by atoms with Gasteiger partial charge in [0.2, 0.25) is 5.91 Å². The number of carbonyl (C=O) groups excluding carboxylic acids is 1. The van der Waals surface area contributed by atoms with E-state index in [4.69, 9.17) is 17.3 Å². The molecular formula is C18H26ClN5O. The number of H-pyrrole nitrogens is 1. The Balaban J connectivity index is 1.90. The van der Waals surface area contributed by atoms with Gasteiger partial charge in [-0.25, -0.2) is 4.98 Å². The van der Waals surface area contributed by atoms with Crippen LogP contribution in [0.15, 0.2) is 12.4 Å². The quantitative estimate of drug-likeness (QED) is 0.683. The van der Waals surface area contributed by atoms with Crippen molar-refractivity contribution in [1.82, 2.24) is 9.97 Å². The van der Waals surface area contributed by atoms with Gasteiger partial charge in [-0.15, -0.1) is 0 Å². The fraction of sp³-hybridized carbons (Fsp3) is 0.556. The smallest absolute Gasteiger partial charge is 0.224 e. The minimum atomic E-state index is 0.0237. The van der Waals surface area contributed by atoms with Gasteiger partial charge >= 0.3 is 0 Å². The molecule has 0 spiro atoms. The Morgan fingerprint density at radius 1 is 1.52 bits per heavy atom. The Labute approximate surface area is 153 Å². The number of amides is 1. The molecule has 3 heterocycles. The van der Waals surface area contributed by atoms with Crippen LogP contribution in [-0.4, -0.2) is 35.0 Å². The summed E-state index contributed by atoms with van der Waals surface area (Å²) in [6.45, 7) is 3.79. The highest BCUT2D eigenvalue weighted by atomic mass is 35.5. The van der Waals surface area contributed by atoms with Crippen LogP contribution in [0.5, 0.6) is 0 Å². The minimum absolute atomic E-state index is 0.0237. The van der Waals surface area contributed by atoms with Crippen molar-refractivity contribution >= 4 is 39.9 Å². The molecule has 4 N–H and O–H groups in total. The van der Waals surface area contributed by atoms with E-state index in [9.17, 15) is 4.79 Å². The van der Waals surface area contributed by atoms with Crippen molar-refractivity contribution in [2.24, 2.45) is 5.73 Å². The lowest BCUT2D eigenvalue weighted by Crippen LogP contribution is -2.43. The molecule has 25 heavy (non-hydrogen) atoms. The second kappa shape index (κ2) is 8.06. The molecular weight excluding hydrogens is 338 g/mol. The van der Waals surface area contributed by atoms with Crippen LogP contribution in [0.1, 0.15) is 45.4 Å². The van der Waals surface area contributed by atoms with Gasteiger partial charge in [-0.3, -0.25) is 4.79 Å². The number of carbonyl (C=O) groups is 1. The molecule has 0 radical (unpaired) electrons. The zero-order valence-electron chi connectivity index (χ0n) is 14.6. The summed E-state index contributed by atoms with van der Waals surface area (Å²) in [7, 11) is 0. The summed E-state index contributed by atoms with van der Waals surface area (Å²) in [5.41, 5.74) is 8.51. The van der Waals surface area contributed by atoms with Crippen LogP contribution in [0.2, 0.25) is 5.02 Å². The predicted octanol–water partition coefficient (Wildman–Crippen LogP) is 3.66. The number of unbranched alkanes of at least 4 members (excludes halogenated alkanes) is 2. The first-order valence-electron chi connectivity index (χ1n) is 9.06. The van der Waals surface area contributed by atoms with E-state index >= 15 is 0 Å². The van der Waals surface area contributed by atoms with E-state index in [1.165, 1.54) is 0 Å². The molecule has 7 heteroatoms. The molecule has 1 fully saturated rings. The molecule has 2 aromatic rings. The first-order valence-corrected chi connectivity index (χ1v) is 9.44. The fourth-order valence-corrected chi connectivity index (χ4v) is 3.69. The third kappa shape index (κ3) is 4.07. The molecule has 0 aliphatic carbocycles. The Hall–Kier alpha value is -1.79. The van der Waals surface area contributed by atoms with E-state index in [1.54, 1.807) is 12.4 Å². The molecule has 3 rings (SSSR count). The number of aromatic nitrogens is 2. The van der Waals surface area contributed by atoms with E-state index in [0.717, 1.165) is 67.6 Å². The molecule has 0 saturated carbocycles. The zero-order valence-corrected chi connectivity index (χ0v) is 15.4. The van der Waals surface area contributed by atoms with Gasteiger partial charge in [-0.2, -0.15) is 0 Å². The monoisotopic (exact) mass is 363 g/mol. The van der Waals surface area contributed by atoms with E-state index in [1.807, 2.05) is 0 Å². The highest BCUT2D eigenvalue weighted by Crippen LogP contribution is 2.38. The van der Waals surface area contributed by atoms with Gasteiger partial charge in [0.15, 0.2) is 0 Å². The number of hydrogen-bond donors (Lipinski definition) is 3. The SMILES string of the molecule is CCCCCC(=O)Nc1c[nH]c2ncc(Cl)c(N3CCC[C@@H](N)C3)c12. The van der Waals surface area contributed by atoms with Crippen molar-refractivity contribution in [3.05, 3.63) is 17.4 Å². The lowest BCUT2D eigenvalue weighted by molar-refractivity contribution is -0.116. The van der Waals surface area contributed by atoms with Crippen LogP contribution in [0.25, 0.3) is 11.0 Å². The summed E-state index contributed by atoms with van der Waals surface area (Å²) >= 11 is 6.48. The summed E-state index contributed by atoms with van der Waals surface area (Å²) in [6.07, 6.45) is 9.09. The van der Waals surface area contributed by atoms with Crippen molar-refractivity contribution in [3.8, 4) is 0 Å². The van der Waals surface area contributed by atoms with Crippen LogP contribution in [0.4, 0.5) is 11.4 Å². The maximum atomic E-state index is 12.2. The number of nitrogens with two attached hydrogens (primary N) is 1. The average molecular weight is 364 g/mol. The van der Waals surface area contributed by atoms with Crippen LogP contribution in [0.3, 0.4) is 0 Å². The molecule has 136 valence electrons. The highest BCUT2D eigenvalue weighted by molar-refractivity contribution is 6.35. The maximum Gasteiger partial charge on any atom is 0.224 e. The molecule has 0 unspecified atom stereocenters. The van der Waals surface area contributed by atoms with E-state index in [-0.39, 0.29) is 11.9 Å². The molecule has 1 atom stereocenters. The van der Waals surface area contributed by atoms with E-state index in [0.29, 0.717) is 11.4 Å². The molecule has 2 aromatic heterocycles. The van der Waals surface area contributed by atoms with Crippen LogP contribution >= 0.6 is 11.6 Å². The minimum Gasteiger partial charge on any atom is -0.368 e. The third-order valence-corrected chi connectivity index (χ3v) is 4.96. The summed E-state index contributed by atoms with van der Waals surface area (Å²) in [5, 5.41) is 4.47. The molecule has 6 nitrogen and oxygen atoms in total. The van der Waals surface area contributed by atoms with Gasteiger partial charge in [0, 0.05) is 31.7 Å². The molecule has 1 saturated heterocycles. The van der Waals surface area contributed by atoms with Crippen molar-refractivity contribution in [2.75, 3.05) is 23.3 Å². The second-order valence-corrected chi connectivity index (χ2v) is 7.14. The number of aromatic amines is 1. The van der Waals surface area contributed by atoms with Gasteiger partial charge in [0.25, 0.3) is 0 Å². The topological polar surface area (TPSA) is 87.0 Å². The van der Waals surface area contributed by atoms with Crippen molar-refractivity contribution in [2.45, 2.75) is 51.5 Å². The first-order chi connectivity index (χ1) is 12.1. The van der Waals surface area contributed by atoms with Gasteiger partial charge in [-0.05, 0) is 19.3 Å². The molecule has 1 aliphatic heterocycles. The molecule has 0 bridgehead atoms. The number of hydrogen-bond acceptors (Lipinski definition) is 4. The summed E-state index contributed by atoms with van der Waals surface area (Å²) < 4.78 is 0. The molecule has 1 aliphatic rings. The number of piperidine rings is 1. The fourth-order valence-electron chi connectivity index (χ4n) is 3.42. The van der Waals surface area contributed by atoms with E-state index < -0.39 is 0 Å². The van der Waals surface area contributed by atoms with Crippen molar-refractivity contribution < 1.29 is 4.79 Å². The van der Waals surface area contributed by atoms with Gasteiger partial charge in [0.1, 0.15) is 5.65 Å². The first kappa shape index (κ1) is 18.0. The molecule has 0 aromatic carbocycles. The van der Waals surface area contributed by atoms with Gasteiger partial charge in [-0.1, -0.05) is 31.4 Å². The summed E-state index contributed by atoms with van der Waals surface area (Å²) in [5.74, 6) is 0.0237. The molecule has 1 amide bonds. The van der Waals surface area contributed by atoms with Crippen molar-refractivity contribution in [1.29, 1.82) is 0 Å². The largest absolute Gasteiger partial charge is 0.368 e. The number of pyridine rings is 1. The number of nitrogens with one attached hydrogen (secondary N) is 2. The number of halogens is 1. The Morgan fingerprint density at radius 2 is 2.36 bits per heavy atom. The average Bonchev–Trinajstić information content (AvgIpc) is 2.98. The Bertz CT molecular complexity index is 744. The van der Waals surface area contributed by atoms with E-state index in [2.05, 4.69) is 27.1 Å². The lowest BCUT2D eigenvalue weighted by atomic mass is 10.1. The highest BCUT2D eigenvalue weighted by Gasteiger charge is 2.24. The number of fused-ring (bicyclic) bond motifs is 1. The predicted molar refractivity (Wildman–Crippen MR) is 103 cm³/mol. The lowest BCUT2D eigenvalue weighted by Gasteiger charge is -2.33. The van der Waals surface area contributed by atoms with Crippen molar-refractivity contribution in [3.63, 3.8) is 0 Å². The number of nitrogens with zero attached hydrogens (tertiary/aromatic N) is 2. The summed E-state index contributed by atoms with van der Waals surface area (Å²) in [6, 6.07) is 0.138. The van der Waals surface area contributed by atoms with Gasteiger partial charge in [0.05, 0.1) is 28.0 Å². The second-order valence-electron chi connectivity index (χ2n) is 6.73. The number of anilines is 2. The Morgan fingerprint density at radius 3 is 3.12 bits per heavy atom.